The molecular weight excluding hydrogens is 624 g/mol. The van der Waals surface area contributed by atoms with Gasteiger partial charge < -0.3 is 39.8 Å². The fourth-order valence-corrected chi connectivity index (χ4v) is 6.49. The first-order chi connectivity index (χ1) is 22.8. The van der Waals surface area contributed by atoms with Crippen LogP contribution < -0.4 is 10.6 Å². The van der Waals surface area contributed by atoms with E-state index in [-0.39, 0.29) is 25.8 Å². The Labute approximate surface area is 280 Å². The highest BCUT2D eigenvalue weighted by Crippen LogP contribution is 2.36. The van der Waals surface area contributed by atoms with Gasteiger partial charge in [0.05, 0.1) is 18.8 Å². The highest BCUT2D eigenvalue weighted by Gasteiger charge is 2.53. The minimum absolute atomic E-state index is 0.104. The lowest BCUT2D eigenvalue weighted by molar-refractivity contribution is -0.267. The van der Waals surface area contributed by atoms with E-state index in [1.165, 1.54) is 14.2 Å². The molecular formula is C34H48N4O10. The Kier molecular flexibility index (Phi) is 12.7. The van der Waals surface area contributed by atoms with Crippen molar-refractivity contribution in [2.45, 2.75) is 101 Å². The van der Waals surface area contributed by atoms with Crippen LogP contribution >= 0.6 is 0 Å². The van der Waals surface area contributed by atoms with Gasteiger partial charge in [0.1, 0.15) is 24.7 Å². The Bertz CT molecular complexity index is 1340. The summed E-state index contributed by atoms with van der Waals surface area (Å²) >= 11 is 0. The summed E-state index contributed by atoms with van der Waals surface area (Å²) in [6.07, 6.45) is 0.760. The van der Waals surface area contributed by atoms with Crippen molar-refractivity contribution in [1.82, 2.24) is 20.4 Å². The molecule has 3 fully saturated rings. The van der Waals surface area contributed by atoms with Crippen molar-refractivity contribution in [3.8, 4) is 0 Å². The number of ketones is 1. The number of ether oxygens (including phenoxy) is 3. The van der Waals surface area contributed by atoms with Gasteiger partial charge in [-0.1, -0.05) is 37.3 Å². The first-order valence-electron chi connectivity index (χ1n) is 16.7. The molecule has 1 aromatic carbocycles. The lowest BCUT2D eigenvalue weighted by atomic mass is 9.85. The zero-order valence-electron chi connectivity index (χ0n) is 28.1. The largest absolute Gasteiger partial charge is 0.459 e. The van der Waals surface area contributed by atoms with Crippen LogP contribution in [0.2, 0.25) is 0 Å². The van der Waals surface area contributed by atoms with Crippen molar-refractivity contribution < 1.29 is 48.1 Å². The topological polar surface area (TPSA) is 181 Å². The number of rotatable bonds is 4. The number of carbonyl (C=O) groups is 6. The zero-order valence-corrected chi connectivity index (χ0v) is 28.1. The summed E-state index contributed by atoms with van der Waals surface area (Å²) in [5.41, 5.74) is 0.925. The third-order valence-corrected chi connectivity index (χ3v) is 9.56. The summed E-state index contributed by atoms with van der Waals surface area (Å²) in [6, 6.07) is 7.20. The number of nitrogens with zero attached hydrogens (tertiary/aromatic N) is 2. The molecule has 7 atom stereocenters. The van der Waals surface area contributed by atoms with Crippen LogP contribution in [0.15, 0.2) is 30.3 Å². The Hall–Kier alpha value is -3.88. The van der Waals surface area contributed by atoms with Gasteiger partial charge in [-0.3, -0.25) is 28.8 Å². The average molecular weight is 673 g/mol. The van der Waals surface area contributed by atoms with Crippen LogP contribution in [0.3, 0.4) is 0 Å². The molecule has 48 heavy (non-hydrogen) atoms. The van der Waals surface area contributed by atoms with Crippen LogP contribution in [0.5, 0.6) is 0 Å². The molecule has 3 N–H and O–H groups in total. The number of hydrogen-bond acceptors (Lipinski definition) is 10. The molecule has 0 spiro atoms. The number of amides is 4. The molecule has 4 amide bonds. The van der Waals surface area contributed by atoms with E-state index in [0.29, 0.717) is 32.1 Å². The van der Waals surface area contributed by atoms with Crippen molar-refractivity contribution in [1.29, 1.82) is 0 Å². The number of esters is 1. The highest BCUT2D eigenvalue weighted by atomic mass is 16.6. The molecule has 0 aliphatic carbocycles. The Morgan fingerprint density at radius 1 is 1.00 bits per heavy atom. The first-order valence-corrected chi connectivity index (χ1v) is 16.7. The van der Waals surface area contributed by atoms with Crippen molar-refractivity contribution in [3.63, 3.8) is 0 Å². The fourth-order valence-electron chi connectivity index (χ4n) is 6.49. The maximum atomic E-state index is 13.8. The predicted molar refractivity (Wildman–Crippen MR) is 171 cm³/mol. The van der Waals surface area contributed by atoms with Gasteiger partial charge in [-0.25, -0.2) is 0 Å². The number of benzene rings is 1. The lowest BCUT2D eigenvalue weighted by Gasteiger charge is -2.43. The molecule has 3 heterocycles. The van der Waals surface area contributed by atoms with E-state index in [1.54, 1.807) is 13.8 Å². The highest BCUT2D eigenvalue weighted by molar-refractivity contribution is 6.39. The maximum Gasteiger partial charge on any atom is 0.325 e. The Balaban J connectivity index is 1.64. The first kappa shape index (κ1) is 36.9. The summed E-state index contributed by atoms with van der Waals surface area (Å²) in [5.74, 6) is -7.89. The molecule has 264 valence electrons. The number of nitrogens with one attached hydrogen (secondary N) is 2. The Morgan fingerprint density at radius 3 is 2.44 bits per heavy atom. The molecule has 14 nitrogen and oxygen atoms in total. The normalized spacial score (nSPS) is 32.0. The van der Waals surface area contributed by atoms with Crippen LogP contribution in [-0.4, -0.2) is 120 Å². The fraction of sp³-hybridized carbons (Fsp3) is 0.647. The number of aryl methyl sites for hydroxylation is 1. The molecule has 0 radical (unpaired) electrons. The second kappa shape index (κ2) is 16.5. The van der Waals surface area contributed by atoms with Gasteiger partial charge in [-0.15, -0.1) is 0 Å². The minimum atomic E-state index is -2.45. The van der Waals surface area contributed by atoms with Gasteiger partial charge in [0.2, 0.25) is 23.5 Å². The van der Waals surface area contributed by atoms with Crippen LogP contribution in [0.25, 0.3) is 0 Å². The number of Topliss-reactive ketones (excluding diaryl/α,β-unsaturated/α-hetero) is 1. The van der Waals surface area contributed by atoms with Crippen LogP contribution in [-0.2, 0) is 49.4 Å². The third kappa shape index (κ3) is 8.97. The molecule has 0 saturated carbocycles. The van der Waals surface area contributed by atoms with Crippen molar-refractivity contribution >= 4 is 35.4 Å². The standard InChI is InChI=1S/C34H48N4O10/c1-21-13-15-24-18-27(46-4)22(2)47-29(40)20-37(3)28(39)19-35-31(42)25(16-14-23-10-6-5-7-11-23)36-32(43)26-12-8-9-17-38(26)33(44)30(41)34(21,45)48-24/h5-7,10-11,21-22,24-27,45H,8-9,12-20H2,1-4H3,(H,35,42)(H,36,43)/t21-,22+,24?,25-,26+,27+,34-/m1/s1. The van der Waals surface area contributed by atoms with Crippen LogP contribution in [0.4, 0.5) is 0 Å². The summed E-state index contributed by atoms with van der Waals surface area (Å²) < 4.78 is 17.1. The third-order valence-electron chi connectivity index (χ3n) is 9.56. The number of aliphatic hydroxyl groups is 1. The SMILES string of the molecule is CO[C@H]1CC2CC[C@@H](C)[C@@](O)(O2)C(=O)C(=O)N2CCCC[C@H]2C(=O)N[C@H](CCc2ccccc2)C(=O)NCC(=O)N(C)CC(=O)O[C@H]1C. The number of piperidine rings is 1. The van der Waals surface area contributed by atoms with Gasteiger partial charge in [-0.2, -0.15) is 0 Å². The van der Waals surface area contributed by atoms with Gasteiger partial charge in [-0.05, 0) is 57.4 Å². The molecule has 3 aliphatic heterocycles. The number of methoxy groups -OCH3 is 1. The van der Waals surface area contributed by atoms with E-state index < -0.39 is 90.6 Å². The average Bonchev–Trinajstić information content (AvgIpc) is 3.08. The molecule has 14 heteroatoms. The van der Waals surface area contributed by atoms with Gasteiger partial charge in [0, 0.05) is 33.0 Å². The molecule has 1 unspecified atom stereocenters. The van der Waals surface area contributed by atoms with Gasteiger partial charge in [0.15, 0.2) is 0 Å². The van der Waals surface area contributed by atoms with E-state index in [0.717, 1.165) is 15.4 Å². The van der Waals surface area contributed by atoms with E-state index in [1.807, 2.05) is 30.3 Å². The van der Waals surface area contributed by atoms with Crippen molar-refractivity contribution in [2.75, 3.05) is 33.8 Å². The number of likely N-dealkylation sites (N-methyl/N-ethyl adjacent to an activating group) is 1. The van der Waals surface area contributed by atoms with Crippen molar-refractivity contribution in [3.05, 3.63) is 35.9 Å². The van der Waals surface area contributed by atoms with Gasteiger partial charge >= 0.3 is 5.97 Å². The van der Waals surface area contributed by atoms with E-state index in [2.05, 4.69) is 10.6 Å². The smallest absolute Gasteiger partial charge is 0.325 e. The molecule has 3 saturated heterocycles. The number of fused-ring (bicyclic) bond motifs is 3. The summed E-state index contributed by atoms with van der Waals surface area (Å²) in [5, 5.41) is 16.9. The van der Waals surface area contributed by atoms with E-state index >= 15 is 0 Å². The monoisotopic (exact) mass is 672 g/mol. The second-order valence-electron chi connectivity index (χ2n) is 13.0. The van der Waals surface area contributed by atoms with E-state index in [4.69, 9.17) is 14.2 Å². The second-order valence-corrected chi connectivity index (χ2v) is 13.0. The molecule has 3 aliphatic rings. The number of hydrogen-bond donors (Lipinski definition) is 3. The molecule has 0 aromatic heterocycles. The molecule has 1 aromatic rings. The molecule has 2 bridgehead atoms. The molecule has 4 rings (SSSR count). The zero-order chi connectivity index (χ0) is 35.0. The van der Waals surface area contributed by atoms with Crippen molar-refractivity contribution in [2.24, 2.45) is 5.92 Å². The Morgan fingerprint density at radius 2 is 1.73 bits per heavy atom. The quantitative estimate of drug-likeness (QED) is 0.301. The predicted octanol–water partition coefficient (Wildman–Crippen LogP) is 0.483. The maximum absolute atomic E-state index is 13.8. The summed E-state index contributed by atoms with van der Waals surface area (Å²) in [6.45, 7) is 2.51. The van der Waals surface area contributed by atoms with E-state index in [9.17, 15) is 33.9 Å². The number of carbonyl (C=O) groups excluding carboxylic acids is 6. The number of cyclic esters (lactones) is 1. The van der Waals surface area contributed by atoms with Crippen LogP contribution in [0, 0.1) is 5.92 Å². The van der Waals surface area contributed by atoms with Crippen LogP contribution in [0.1, 0.15) is 64.4 Å². The summed E-state index contributed by atoms with van der Waals surface area (Å²) in [4.78, 5) is 82.6. The van der Waals surface area contributed by atoms with Gasteiger partial charge in [0.25, 0.3) is 11.7 Å². The lowest BCUT2D eigenvalue weighted by Crippen LogP contribution is -2.62. The minimum Gasteiger partial charge on any atom is -0.459 e. The summed E-state index contributed by atoms with van der Waals surface area (Å²) in [7, 11) is 2.83.